The lowest BCUT2D eigenvalue weighted by molar-refractivity contribution is 0.0653. The highest BCUT2D eigenvalue weighted by Crippen LogP contribution is 2.24. The molecule has 0 bridgehead atoms. The summed E-state index contributed by atoms with van der Waals surface area (Å²) in [6, 6.07) is 9.20. The lowest BCUT2D eigenvalue weighted by atomic mass is 9.97. The second-order valence-corrected chi connectivity index (χ2v) is 5.53. The molecule has 0 aliphatic carbocycles. The van der Waals surface area contributed by atoms with Crippen LogP contribution in [0.4, 0.5) is 5.82 Å². The molecule has 3 rings (SSSR count). The number of nitrogens with zero attached hydrogens (tertiary/aromatic N) is 2. The molecule has 1 aromatic heterocycles. The summed E-state index contributed by atoms with van der Waals surface area (Å²) in [5.41, 5.74) is 7.17. The van der Waals surface area contributed by atoms with Crippen molar-refractivity contribution in [3.63, 3.8) is 0 Å². The summed E-state index contributed by atoms with van der Waals surface area (Å²) in [5.74, 6) is 0.673. The molecular formula is C16H19N3O2. The molecule has 2 heterocycles. The van der Waals surface area contributed by atoms with Gasteiger partial charge in [0.15, 0.2) is 0 Å². The van der Waals surface area contributed by atoms with Gasteiger partial charge in [-0.25, -0.2) is 4.98 Å². The van der Waals surface area contributed by atoms with Gasteiger partial charge in [-0.3, -0.25) is 4.79 Å². The van der Waals surface area contributed by atoms with Crippen LogP contribution in [0.15, 0.2) is 30.3 Å². The van der Waals surface area contributed by atoms with Crippen LogP contribution in [0.2, 0.25) is 0 Å². The number of para-hydroxylation sites is 1. The van der Waals surface area contributed by atoms with Gasteiger partial charge in [-0.05, 0) is 30.9 Å². The van der Waals surface area contributed by atoms with Gasteiger partial charge in [0.05, 0.1) is 11.1 Å². The van der Waals surface area contributed by atoms with Crippen molar-refractivity contribution in [1.29, 1.82) is 0 Å². The van der Waals surface area contributed by atoms with Crippen LogP contribution in [0, 0.1) is 5.92 Å². The molecule has 110 valence electrons. The molecule has 0 radical (unpaired) electrons. The van der Waals surface area contributed by atoms with E-state index in [0.717, 1.165) is 23.7 Å². The number of aliphatic hydroxyl groups is 1. The molecular weight excluding hydrogens is 266 g/mol. The number of anilines is 1. The number of fused-ring (bicyclic) bond motifs is 1. The maximum Gasteiger partial charge on any atom is 0.254 e. The van der Waals surface area contributed by atoms with Gasteiger partial charge in [-0.1, -0.05) is 18.2 Å². The Balaban J connectivity index is 1.91. The predicted octanol–water partition coefficient (Wildman–Crippen LogP) is 1.66. The summed E-state index contributed by atoms with van der Waals surface area (Å²) in [6.07, 6.45) is 1.70. The Labute approximate surface area is 123 Å². The van der Waals surface area contributed by atoms with Gasteiger partial charge in [-0.2, -0.15) is 0 Å². The fraction of sp³-hybridized carbons (Fsp3) is 0.375. The Bertz CT molecular complexity index is 664. The molecule has 1 amide bonds. The zero-order chi connectivity index (χ0) is 14.8. The van der Waals surface area contributed by atoms with Crippen molar-refractivity contribution < 1.29 is 9.90 Å². The number of hydrogen-bond acceptors (Lipinski definition) is 4. The number of aliphatic hydroxyl groups excluding tert-OH is 1. The molecule has 0 spiro atoms. The molecule has 1 aliphatic rings. The van der Waals surface area contributed by atoms with E-state index in [4.69, 9.17) is 5.73 Å². The minimum Gasteiger partial charge on any atom is -0.396 e. The van der Waals surface area contributed by atoms with E-state index in [1.165, 1.54) is 0 Å². The van der Waals surface area contributed by atoms with Crippen LogP contribution >= 0.6 is 0 Å². The number of nitrogen functional groups attached to an aromatic ring is 1. The Morgan fingerprint density at radius 3 is 2.76 bits per heavy atom. The zero-order valence-corrected chi connectivity index (χ0v) is 11.8. The molecule has 5 nitrogen and oxygen atoms in total. The Morgan fingerprint density at radius 1 is 1.33 bits per heavy atom. The number of carbonyl (C=O) groups is 1. The average molecular weight is 285 g/mol. The van der Waals surface area contributed by atoms with E-state index < -0.39 is 0 Å². The van der Waals surface area contributed by atoms with Crippen molar-refractivity contribution in [2.45, 2.75) is 12.8 Å². The van der Waals surface area contributed by atoms with Crippen LogP contribution in [0.25, 0.3) is 10.9 Å². The summed E-state index contributed by atoms with van der Waals surface area (Å²) in [7, 11) is 0. The monoisotopic (exact) mass is 285 g/mol. The van der Waals surface area contributed by atoms with Crippen molar-refractivity contribution in [3.8, 4) is 0 Å². The van der Waals surface area contributed by atoms with Crippen molar-refractivity contribution in [1.82, 2.24) is 9.88 Å². The first-order valence-corrected chi connectivity index (χ1v) is 7.24. The molecule has 1 aliphatic heterocycles. The average Bonchev–Trinajstić information content (AvgIpc) is 2.53. The third-order valence-corrected chi connectivity index (χ3v) is 4.13. The van der Waals surface area contributed by atoms with Crippen molar-refractivity contribution in [2.24, 2.45) is 5.92 Å². The maximum atomic E-state index is 12.7. The zero-order valence-electron chi connectivity index (χ0n) is 11.8. The number of carbonyl (C=O) groups excluding carboxylic acids is 1. The Hall–Kier alpha value is -2.14. The Kier molecular flexibility index (Phi) is 3.75. The number of hydrogen-bond donors (Lipinski definition) is 2. The first kappa shape index (κ1) is 13.8. The molecule has 1 saturated heterocycles. The third kappa shape index (κ3) is 2.69. The number of likely N-dealkylation sites (tertiary alicyclic amines) is 1. The first-order chi connectivity index (χ1) is 10.2. The van der Waals surface area contributed by atoms with Gasteiger partial charge in [0.25, 0.3) is 5.91 Å². The van der Waals surface area contributed by atoms with E-state index >= 15 is 0 Å². The number of pyridine rings is 1. The van der Waals surface area contributed by atoms with E-state index in [2.05, 4.69) is 4.98 Å². The van der Waals surface area contributed by atoms with Gasteiger partial charge in [-0.15, -0.1) is 0 Å². The van der Waals surface area contributed by atoms with Gasteiger partial charge in [0.1, 0.15) is 5.82 Å². The Morgan fingerprint density at radius 2 is 2.05 bits per heavy atom. The van der Waals surface area contributed by atoms with Crippen molar-refractivity contribution in [3.05, 3.63) is 35.9 Å². The van der Waals surface area contributed by atoms with Crippen LogP contribution in [0.1, 0.15) is 23.2 Å². The minimum absolute atomic E-state index is 0.00307. The normalized spacial score (nSPS) is 16.3. The fourth-order valence-corrected chi connectivity index (χ4v) is 2.86. The van der Waals surface area contributed by atoms with Crippen molar-refractivity contribution in [2.75, 3.05) is 25.4 Å². The largest absolute Gasteiger partial charge is 0.396 e. The van der Waals surface area contributed by atoms with E-state index in [1.54, 1.807) is 6.07 Å². The number of amides is 1. The molecule has 3 N–H and O–H groups in total. The van der Waals surface area contributed by atoms with Gasteiger partial charge < -0.3 is 15.7 Å². The number of rotatable bonds is 2. The molecule has 0 saturated carbocycles. The van der Waals surface area contributed by atoms with Gasteiger partial charge in [0.2, 0.25) is 0 Å². The van der Waals surface area contributed by atoms with Crippen LogP contribution in [-0.2, 0) is 0 Å². The second-order valence-electron chi connectivity index (χ2n) is 5.53. The summed E-state index contributed by atoms with van der Waals surface area (Å²) in [4.78, 5) is 18.8. The molecule has 1 aromatic carbocycles. The number of aromatic nitrogens is 1. The third-order valence-electron chi connectivity index (χ3n) is 4.13. The van der Waals surface area contributed by atoms with Crippen LogP contribution in [0.3, 0.4) is 0 Å². The molecule has 2 aromatic rings. The standard InChI is InChI=1S/C16H19N3O2/c17-15-9-13(12-3-1-2-4-14(12)18-15)16(21)19-7-5-11(10-20)6-8-19/h1-4,9,11,20H,5-8,10H2,(H2,17,18). The topological polar surface area (TPSA) is 79.5 Å². The first-order valence-electron chi connectivity index (χ1n) is 7.24. The van der Waals surface area contributed by atoms with E-state index in [9.17, 15) is 9.90 Å². The van der Waals surface area contributed by atoms with Gasteiger partial charge in [0, 0.05) is 25.1 Å². The second kappa shape index (κ2) is 5.69. The number of nitrogens with two attached hydrogens (primary N) is 1. The molecule has 0 unspecified atom stereocenters. The lowest BCUT2D eigenvalue weighted by Gasteiger charge is -2.31. The smallest absolute Gasteiger partial charge is 0.254 e. The van der Waals surface area contributed by atoms with E-state index in [0.29, 0.717) is 30.4 Å². The summed E-state index contributed by atoms with van der Waals surface area (Å²) in [5, 5.41) is 10.0. The molecule has 5 heteroatoms. The highest BCUT2D eigenvalue weighted by atomic mass is 16.3. The molecule has 21 heavy (non-hydrogen) atoms. The maximum absolute atomic E-state index is 12.7. The summed E-state index contributed by atoms with van der Waals surface area (Å²) < 4.78 is 0. The van der Waals surface area contributed by atoms with E-state index in [1.807, 2.05) is 29.2 Å². The lowest BCUT2D eigenvalue weighted by Crippen LogP contribution is -2.39. The van der Waals surface area contributed by atoms with E-state index in [-0.39, 0.29) is 12.5 Å². The highest BCUT2D eigenvalue weighted by Gasteiger charge is 2.24. The SMILES string of the molecule is Nc1cc(C(=O)N2CCC(CO)CC2)c2ccccc2n1. The van der Waals surface area contributed by atoms with Crippen LogP contribution in [0.5, 0.6) is 0 Å². The fourth-order valence-electron chi connectivity index (χ4n) is 2.86. The molecule has 1 fully saturated rings. The van der Waals surface area contributed by atoms with Gasteiger partial charge >= 0.3 is 0 Å². The predicted molar refractivity (Wildman–Crippen MR) is 81.9 cm³/mol. The summed E-state index contributed by atoms with van der Waals surface area (Å²) >= 11 is 0. The van der Waals surface area contributed by atoms with Crippen LogP contribution < -0.4 is 5.73 Å². The number of piperidine rings is 1. The molecule has 0 atom stereocenters. The number of benzene rings is 1. The minimum atomic E-state index is -0.00307. The van der Waals surface area contributed by atoms with Crippen LogP contribution in [-0.4, -0.2) is 40.6 Å². The summed E-state index contributed by atoms with van der Waals surface area (Å²) in [6.45, 7) is 1.56. The van der Waals surface area contributed by atoms with Crippen molar-refractivity contribution >= 4 is 22.6 Å². The highest BCUT2D eigenvalue weighted by molar-refractivity contribution is 6.06. The quantitative estimate of drug-likeness (QED) is 0.879.